The Morgan fingerprint density at radius 1 is 1.21 bits per heavy atom. The Hall–Kier alpha value is -1.83. The number of thiazole rings is 1. The topological polar surface area (TPSA) is 54.0 Å². The van der Waals surface area contributed by atoms with Gasteiger partial charge in [-0.25, -0.2) is 4.98 Å². The van der Waals surface area contributed by atoms with E-state index in [1.807, 2.05) is 53.9 Å². The molecule has 3 rings (SSSR count). The van der Waals surface area contributed by atoms with Gasteiger partial charge in [-0.15, -0.1) is 11.3 Å². The minimum atomic E-state index is -0.114. The average molecular weight is 420 g/mol. The van der Waals surface area contributed by atoms with E-state index in [-0.39, 0.29) is 5.91 Å². The van der Waals surface area contributed by atoms with Crippen LogP contribution >= 0.6 is 39.2 Å². The molecule has 0 atom stereocenters. The van der Waals surface area contributed by atoms with Crippen LogP contribution in [0.5, 0.6) is 0 Å². The van der Waals surface area contributed by atoms with Crippen molar-refractivity contribution in [2.75, 3.05) is 10.0 Å². The Bertz CT molecular complexity index is 849. The Balaban J connectivity index is 1.70. The number of hydrogen-bond donors (Lipinski definition) is 2. The fourth-order valence-electron chi connectivity index (χ4n) is 1.98. The summed E-state index contributed by atoms with van der Waals surface area (Å²) in [6.45, 7) is 1.48. The van der Waals surface area contributed by atoms with Gasteiger partial charge in [-0.1, -0.05) is 28.1 Å². The summed E-state index contributed by atoms with van der Waals surface area (Å²) in [7, 11) is 0. The van der Waals surface area contributed by atoms with Crippen molar-refractivity contribution >= 4 is 55.9 Å². The molecule has 24 heavy (non-hydrogen) atoms. The van der Waals surface area contributed by atoms with Crippen LogP contribution in [0.15, 0.2) is 63.3 Å². The van der Waals surface area contributed by atoms with Crippen LogP contribution in [0, 0.1) is 0 Å². The van der Waals surface area contributed by atoms with Crippen molar-refractivity contribution in [1.82, 2.24) is 4.98 Å². The highest BCUT2D eigenvalue weighted by atomic mass is 79.9. The fraction of sp³-hybridized carbons (Fsp3) is 0.0588. The normalized spacial score (nSPS) is 10.4. The number of amides is 1. The lowest BCUT2D eigenvalue weighted by Crippen LogP contribution is -2.04. The van der Waals surface area contributed by atoms with Crippen LogP contribution < -0.4 is 10.0 Å². The van der Waals surface area contributed by atoms with Gasteiger partial charge in [-0.05, 0) is 48.3 Å². The third-order valence-corrected chi connectivity index (χ3v) is 5.18. The number of nitrogens with zero attached hydrogens (tertiary/aromatic N) is 1. The minimum absolute atomic E-state index is 0.114. The molecule has 1 aromatic heterocycles. The van der Waals surface area contributed by atoms with E-state index in [4.69, 9.17) is 0 Å². The molecule has 0 saturated carbocycles. The van der Waals surface area contributed by atoms with Crippen LogP contribution in [0.4, 0.5) is 10.8 Å². The minimum Gasteiger partial charge on any atom is -0.326 e. The largest absolute Gasteiger partial charge is 0.326 e. The van der Waals surface area contributed by atoms with Crippen molar-refractivity contribution < 1.29 is 4.79 Å². The van der Waals surface area contributed by atoms with Gasteiger partial charge in [0.2, 0.25) is 5.91 Å². The lowest BCUT2D eigenvalue weighted by molar-refractivity contribution is -0.114. The summed E-state index contributed by atoms with van der Waals surface area (Å²) in [5.74, 6) is -0.114. The zero-order valence-electron chi connectivity index (χ0n) is 12.7. The van der Waals surface area contributed by atoms with E-state index in [1.54, 1.807) is 11.9 Å². The number of aromatic nitrogens is 1. The molecule has 4 nitrogen and oxygen atoms in total. The van der Waals surface area contributed by atoms with E-state index >= 15 is 0 Å². The maximum atomic E-state index is 11.1. The van der Waals surface area contributed by atoms with E-state index in [1.165, 1.54) is 18.3 Å². The average Bonchev–Trinajstić information content (AvgIpc) is 3.02. The number of anilines is 2. The lowest BCUT2D eigenvalue weighted by atomic mass is 10.1. The Kier molecular flexibility index (Phi) is 5.55. The number of hydrogen-bond acceptors (Lipinski definition) is 5. The Labute approximate surface area is 157 Å². The molecule has 1 amide bonds. The van der Waals surface area contributed by atoms with Crippen LogP contribution in [0.2, 0.25) is 0 Å². The summed E-state index contributed by atoms with van der Waals surface area (Å²) >= 11 is 6.40. The molecule has 1 heterocycles. The van der Waals surface area contributed by atoms with E-state index in [0.29, 0.717) is 5.13 Å². The summed E-state index contributed by atoms with van der Waals surface area (Å²) in [5.41, 5.74) is 2.85. The number of benzene rings is 2. The van der Waals surface area contributed by atoms with Gasteiger partial charge in [0.05, 0.1) is 5.69 Å². The quantitative estimate of drug-likeness (QED) is 0.524. The second kappa shape index (κ2) is 7.83. The second-order valence-electron chi connectivity index (χ2n) is 4.96. The molecule has 0 bridgehead atoms. The summed E-state index contributed by atoms with van der Waals surface area (Å²) in [4.78, 5) is 16.7. The maximum Gasteiger partial charge on any atom is 0.223 e. The molecule has 0 radical (unpaired) electrons. The summed E-state index contributed by atoms with van der Waals surface area (Å²) in [6.07, 6.45) is 0. The molecule has 0 aliphatic rings. The monoisotopic (exact) mass is 419 g/mol. The lowest BCUT2D eigenvalue weighted by Gasteiger charge is -2.07. The molecule has 0 saturated heterocycles. The zero-order chi connectivity index (χ0) is 16.9. The van der Waals surface area contributed by atoms with Crippen LogP contribution in [0.1, 0.15) is 6.92 Å². The Morgan fingerprint density at radius 2 is 2.00 bits per heavy atom. The highest BCUT2D eigenvalue weighted by molar-refractivity contribution is 9.10. The first-order valence-electron chi connectivity index (χ1n) is 7.12. The number of carbonyl (C=O) groups is 1. The number of halogens is 1. The van der Waals surface area contributed by atoms with Crippen LogP contribution in [0.25, 0.3) is 11.3 Å². The van der Waals surface area contributed by atoms with Crippen LogP contribution in [-0.4, -0.2) is 10.9 Å². The molecule has 3 aromatic rings. The molecular formula is C17H14BrN3OS2. The molecule has 2 aromatic carbocycles. The summed E-state index contributed by atoms with van der Waals surface area (Å²) in [6, 6.07) is 16.2. The number of rotatable bonds is 5. The molecule has 122 valence electrons. The third kappa shape index (κ3) is 4.59. The highest BCUT2D eigenvalue weighted by Crippen LogP contribution is 2.29. The first-order valence-corrected chi connectivity index (χ1v) is 9.61. The second-order valence-corrected chi connectivity index (χ2v) is 7.61. The molecule has 0 spiro atoms. The molecule has 7 heteroatoms. The summed E-state index contributed by atoms with van der Waals surface area (Å²) < 4.78 is 4.40. The van der Waals surface area contributed by atoms with Crippen molar-refractivity contribution in [2.24, 2.45) is 0 Å². The predicted molar refractivity (Wildman–Crippen MR) is 105 cm³/mol. The van der Waals surface area contributed by atoms with E-state index in [9.17, 15) is 4.79 Å². The number of carbonyl (C=O) groups excluding carboxylic acids is 1. The molecular weight excluding hydrogens is 406 g/mol. The molecule has 0 aliphatic carbocycles. The van der Waals surface area contributed by atoms with Crippen molar-refractivity contribution in [2.45, 2.75) is 11.8 Å². The molecule has 0 unspecified atom stereocenters. The molecule has 0 fully saturated rings. The smallest absolute Gasteiger partial charge is 0.223 e. The van der Waals surface area contributed by atoms with Crippen molar-refractivity contribution in [3.8, 4) is 11.3 Å². The zero-order valence-corrected chi connectivity index (χ0v) is 16.0. The van der Waals surface area contributed by atoms with E-state index < -0.39 is 0 Å². The first-order chi connectivity index (χ1) is 11.6. The van der Waals surface area contributed by atoms with Gasteiger partial charge in [0.25, 0.3) is 0 Å². The fourth-order valence-corrected chi connectivity index (χ4v) is 3.64. The number of nitrogens with one attached hydrogen (secondary N) is 2. The van der Waals surface area contributed by atoms with Gasteiger partial charge in [0.1, 0.15) is 0 Å². The van der Waals surface area contributed by atoms with Crippen molar-refractivity contribution in [3.63, 3.8) is 0 Å². The van der Waals surface area contributed by atoms with Crippen molar-refractivity contribution in [1.29, 1.82) is 0 Å². The van der Waals surface area contributed by atoms with Gasteiger partial charge in [-0.3, -0.25) is 4.79 Å². The molecule has 0 aliphatic heterocycles. The first kappa shape index (κ1) is 17.0. The van der Waals surface area contributed by atoms with Gasteiger partial charge in [0.15, 0.2) is 5.13 Å². The predicted octanol–water partition coefficient (Wildman–Crippen LogP) is 5.65. The van der Waals surface area contributed by atoms with Gasteiger partial charge < -0.3 is 10.0 Å². The maximum absolute atomic E-state index is 11.1. The van der Waals surface area contributed by atoms with Crippen molar-refractivity contribution in [3.05, 3.63) is 58.4 Å². The summed E-state index contributed by atoms with van der Waals surface area (Å²) in [5, 5.41) is 5.25. The standard InChI is InChI=1S/C17H14BrN3OS2/c1-11(22)19-17-20-16(10-23-17)12-3-2-4-14(9-12)21-24-15-7-5-13(18)6-8-15/h2-10,21H,1H3,(H,19,20,22). The van der Waals surface area contributed by atoms with Gasteiger partial charge >= 0.3 is 0 Å². The van der Waals surface area contributed by atoms with Gasteiger partial charge in [0, 0.05) is 32.9 Å². The van der Waals surface area contributed by atoms with Crippen LogP contribution in [-0.2, 0) is 4.79 Å². The van der Waals surface area contributed by atoms with Crippen LogP contribution in [0.3, 0.4) is 0 Å². The van der Waals surface area contributed by atoms with Gasteiger partial charge in [-0.2, -0.15) is 0 Å². The molecule has 2 N–H and O–H groups in total. The highest BCUT2D eigenvalue weighted by Gasteiger charge is 2.06. The third-order valence-electron chi connectivity index (χ3n) is 3.05. The Morgan fingerprint density at radius 3 is 2.75 bits per heavy atom. The van der Waals surface area contributed by atoms with E-state index in [2.05, 4.69) is 31.0 Å². The SMILES string of the molecule is CC(=O)Nc1nc(-c2cccc(NSc3ccc(Br)cc3)c2)cs1. The van der Waals surface area contributed by atoms with E-state index in [0.717, 1.165) is 26.3 Å².